The van der Waals surface area contributed by atoms with Crippen LogP contribution in [-0.2, 0) is 14.8 Å². The molecule has 1 aliphatic heterocycles. The summed E-state index contributed by atoms with van der Waals surface area (Å²) in [6.07, 6.45) is 1.62. The molecular weight excluding hydrogens is 278 g/mol. The number of thiophene rings is 1. The Balaban J connectivity index is 2.09. The number of carboxylic acid groups (broad SMARTS) is 1. The van der Waals surface area contributed by atoms with E-state index in [1.807, 2.05) is 0 Å². The standard InChI is InChI=1S/C10H13NO5S2/c12-10(13)9-8(3-5-17-9)18(14,15)11-6-7-2-1-4-16-7/h3,5,7,11H,1-2,4,6H2,(H,12,13). The van der Waals surface area contributed by atoms with Crippen molar-refractivity contribution >= 4 is 27.3 Å². The lowest BCUT2D eigenvalue weighted by molar-refractivity contribution is 0.0698. The molecule has 0 spiro atoms. The van der Waals surface area contributed by atoms with Gasteiger partial charge in [0.1, 0.15) is 9.77 Å². The van der Waals surface area contributed by atoms with Crippen LogP contribution in [0.2, 0.25) is 0 Å². The summed E-state index contributed by atoms with van der Waals surface area (Å²) in [4.78, 5) is 10.5. The second-order valence-corrected chi connectivity index (χ2v) is 6.56. The Bertz CT molecular complexity index is 530. The van der Waals surface area contributed by atoms with Crippen LogP contribution in [0.5, 0.6) is 0 Å². The molecule has 1 unspecified atom stereocenters. The minimum Gasteiger partial charge on any atom is -0.477 e. The topological polar surface area (TPSA) is 92.7 Å². The first-order valence-corrected chi connectivity index (χ1v) is 7.79. The maximum atomic E-state index is 12.0. The summed E-state index contributed by atoms with van der Waals surface area (Å²) in [6.45, 7) is 0.822. The van der Waals surface area contributed by atoms with Crippen molar-refractivity contribution in [1.29, 1.82) is 0 Å². The molecule has 0 aliphatic carbocycles. The van der Waals surface area contributed by atoms with Gasteiger partial charge in [0.25, 0.3) is 0 Å². The van der Waals surface area contributed by atoms with Gasteiger partial charge in [-0.15, -0.1) is 11.3 Å². The number of nitrogens with one attached hydrogen (secondary N) is 1. The fourth-order valence-electron chi connectivity index (χ4n) is 1.75. The molecule has 0 saturated carbocycles. The molecule has 2 N–H and O–H groups in total. The number of aromatic carboxylic acids is 1. The van der Waals surface area contributed by atoms with E-state index >= 15 is 0 Å². The first-order valence-electron chi connectivity index (χ1n) is 5.43. The zero-order valence-electron chi connectivity index (χ0n) is 9.46. The monoisotopic (exact) mass is 291 g/mol. The molecule has 1 aliphatic rings. The maximum absolute atomic E-state index is 12.0. The molecule has 6 nitrogen and oxygen atoms in total. The normalized spacial score (nSPS) is 20.1. The van der Waals surface area contributed by atoms with Gasteiger partial charge in [0.05, 0.1) is 6.10 Å². The molecule has 100 valence electrons. The molecule has 0 bridgehead atoms. The molecule has 18 heavy (non-hydrogen) atoms. The minimum absolute atomic E-state index is 0.119. The SMILES string of the molecule is O=C(O)c1sccc1S(=O)(=O)NCC1CCCO1. The molecule has 8 heteroatoms. The molecule has 1 aromatic heterocycles. The average Bonchev–Trinajstić information content (AvgIpc) is 2.98. The van der Waals surface area contributed by atoms with Crippen LogP contribution in [0.3, 0.4) is 0 Å². The van der Waals surface area contributed by atoms with Crippen LogP contribution < -0.4 is 4.72 Å². The molecule has 1 atom stereocenters. The summed E-state index contributed by atoms with van der Waals surface area (Å²) >= 11 is 0.893. The fourth-order valence-corrected chi connectivity index (χ4v) is 4.07. The molecule has 2 heterocycles. The summed E-state index contributed by atoms with van der Waals surface area (Å²) in [7, 11) is -3.78. The van der Waals surface area contributed by atoms with Gasteiger partial charge in [-0.1, -0.05) is 0 Å². The van der Waals surface area contributed by atoms with Gasteiger partial charge in [0.2, 0.25) is 10.0 Å². The molecule has 1 saturated heterocycles. The zero-order chi connectivity index (χ0) is 13.2. The van der Waals surface area contributed by atoms with E-state index in [-0.39, 0.29) is 22.4 Å². The Morgan fingerprint density at radius 3 is 3.00 bits per heavy atom. The number of hydrogen-bond donors (Lipinski definition) is 2. The van der Waals surface area contributed by atoms with Crippen molar-refractivity contribution in [2.24, 2.45) is 0 Å². The van der Waals surface area contributed by atoms with E-state index in [9.17, 15) is 13.2 Å². The second-order valence-electron chi connectivity index (χ2n) is 3.91. The largest absolute Gasteiger partial charge is 0.477 e. The Kier molecular flexibility index (Phi) is 4.00. The van der Waals surface area contributed by atoms with E-state index in [4.69, 9.17) is 9.84 Å². The van der Waals surface area contributed by atoms with Crippen LogP contribution in [-0.4, -0.2) is 38.7 Å². The van der Waals surface area contributed by atoms with Gasteiger partial charge in [0, 0.05) is 13.2 Å². The number of carbonyl (C=O) groups is 1. The number of ether oxygens (including phenoxy) is 1. The highest BCUT2D eigenvalue weighted by molar-refractivity contribution is 7.89. The number of carboxylic acids is 1. The van der Waals surface area contributed by atoms with Crippen LogP contribution >= 0.6 is 11.3 Å². The summed E-state index contributed by atoms with van der Waals surface area (Å²) < 4.78 is 31.6. The molecular formula is C10H13NO5S2. The van der Waals surface area contributed by atoms with Gasteiger partial charge in [-0.2, -0.15) is 0 Å². The van der Waals surface area contributed by atoms with Crippen LogP contribution in [0, 0.1) is 0 Å². The van der Waals surface area contributed by atoms with Crippen molar-refractivity contribution in [2.75, 3.05) is 13.2 Å². The van der Waals surface area contributed by atoms with E-state index in [0.717, 1.165) is 24.2 Å². The van der Waals surface area contributed by atoms with Gasteiger partial charge in [-0.25, -0.2) is 17.9 Å². The summed E-state index contributed by atoms with van der Waals surface area (Å²) in [5, 5.41) is 10.3. The Hall–Kier alpha value is -0.960. The van der Waals surface area contributed by atoms with Crippen LogP contribution in [0.15, 0.2) is 16.3 Å². The minimum atomic E-state index is -3.78. The Morgan fingerprint density at radius 1 is 1.61 bits per heavy atom. The van der Waals surface area contributed by atoms with E-state index in [1.54, 1.807) is 0 Å². The second kappa shape index (κ2) is 5.35. The van der Waals surface area contributed by atoms with Crippen molar-refractivity contribution in [3.63, 3.8) is 0 Å². The predicted octanol–water partition coefficient (Wildman–Crippen LogP) is 0.904. The maximum Gasteiger partial charge on any atom is 0.347 e. The summed E-state index contributed by atoms with van der Waals surface area (Å²) in [6, 6.07) is 1.30. The number of rotatable bonds is 5. The van der Waals surface area contributed by atoms with Gasteiger partial charge >= 0.3 is 5.97 Å². The summed E-state index contributed by atoms with van der Waals surface area (Å²) in [5.41, 5.74) is 0. The number of hydrogen-bond acceptors (Lipinski definition) is 5. The van der Waals surface area contributed by atoms with Gasteiger partial charge in [-0.05, 0) is 24.3 Å². The van der Waals surface area contributed by atoms with Crippen molar-refractivity contribution in [2.45, 2.75) is 23.8 Å². The zero-order valence-corrected chi connectivity index (χ0v) is 11.1. The molecule has 0 radical (unpaired) electrons. The fraction of sp³-hybridized carbons (Fsp3) is 0.500. The van der Waals surface area contributed by atoms with Gasteiger partial charge in [0.15, 0.2) is 0 Å². The smallest absolute Gasteiger partial charge is 0.347 e. The van der Waals surface area contributed by atoms with E-state index in [2.05, 4.69) is 4.72 Å². The first-order chi connectivity index (χ1) is 8.50. The molecule has 0 aromatic carbocycles. The van der Waals surface area contributed by atoms with Crippen molar-refractivity contribution in [3.8, 4) is 0 Å². The number of sulfonamides is 1. The highest BCUT2D eigenvalue weighted by atomic mass is 32.2. The lowest BCUT2D eigenvalue weighted by Crippen LogP contribution is -2.32. The quantitative estimate of drug-likeness (QED) is 0.841. The first kappa shape index (κ1) is 13.5. The predicted molar refractivity (Wildman–Crippen MR) is 65.4 cm³/mol. The average molecular weight is 291 g/mol. The van der Waals surface area contributed by atoms with Crippen LogP contribution in [0.4, 0.5) is 0 Å². The van der Waals surface area contributed by atoms with Gasteiger partial charge in [-0.3, -0.25) is 0 Å². The lowest BCUT2D eigenvalue weighted by Gasteiger charge is -2.11. The summed E-state index contributed by atoms with van der Waals surface area (Å²) in [5.74, 6) is -1.23. The van der Waals surface area contributed by atoms with Crippen LogP contribution in [0.25, 0.3) is 0 Å². The Labute approximate surface area is 109 Å². The highest BCUT2D eigenvalue weighted by Crippen LogP contribution is 2.22. The third-order valence-corrected chi connectivity index (χ3v) is 5.14. The molecule has 0 amide bonds. The van der Waals surface area contributed by atoms with Gasteiger partial charge < -0.3 is 9.84 Å². The van der Waals surface area contributed by atoms with Crippen molar-refractivity contribution < 1.29 is 23.1 Å². The van der Waals surface area contributed by atoms with E-state index in [0.29, 0.717) is 6.61 Å². The van der Waals surface area contributed by atoms with Crippen LogP contribution in [0.1, 0.15) is 22.5 Å². The van der Waals surface area contributed by atoms with E-state index in [1.165, 1.54) is 11.4 Å². The van der Waals surface area contributed by atoms with Crippen molar-refractivity contribution in [1.82, 2.24) is 4.72 Å². The highest BCUT2D eigenvalue weighted by Gasteiger charge is 2.25. The molecule has 2 rings (SSSR count). The Morgan fingerprint density at radius 2 is 2.39 bits per heavy atom. The third-order valence-electron chi connectivity index (χ3n) is 2.64. The molecule has 1 fully saturated rings. The van der Waals surface area contributed by atoms with E-state index < -0.39 is 16.0 Å². The van der Waals surface area contributed by atoms with Crippen molar-refractivity contribution in [3.05, 3.63) is 16.3 Å². The third kappa shape index (κ3) is 2.89. The lowest BCUT2D eigenvalue weighted by atomic mass is 10.2. The molecule has 1 aromatic rings.